The molecule has 120 valence electrons. The fourth-order valence-corrected chi connectivity index (χ4v) is 2.60. The van der Waals surface area contributed by atoms with E-state index < -0.39 is 0 Å². The van der Waals surface area contributed by atoms with E-state index in [1.807, 2.05) is 12.3 Å². The summed E-state index contributed by atoms with van der Waals surface area (Å²) in [6.07, 6.45) is 2.90. The van der Waals surface area contributed by atoms with E-state index in [4.69, 9.17) is 0 Å². The minimum absolute atomic E-state index is 0. The van der Waals surface area contributed by atoms with Crippen molar-refractivity contribution in [1.29, 1.82) is 0 Å². The number of aliphatic imine (C=N–C) groups is 1. The van der Waals surface area contributed by atoms with Gasteiger partial charge in [0.05, 0.1) is 6.54 Å². The van der Waals surface area contributed by atoms with Gasteiger partial charge in [0.1, 0.15) is 10.8 Å². The van der Waals surface area contributed by atoms with E-state index in [2.05, 4.69) is 27.5 Å². The predicted octanol–water partition coefficient (Wildman–Crippen LogP) is 3.33. The van der Waals surface area contributed by atoms with E-state index in [0.717, 1.165) is 11.4 Å². The summed E-state index contributed by atoms with van der Waals surface area (Å²) in [5.74, 6) is 0.416. The Hall–Kier alpha value is -1.22. The molecule has 2 N–H and O–H groups in total. The average molecular weight is 434 g/mol. The highest BCUT2D eigenvalue weighted by molar-refractivity contribution is 14.0. The van der Waals surface area contributed by atoms with Crippen molar-refractivity contribution in [2.75, 3.05) is 7.05 Å². The molecular formula is C15H20FIN4S. The third-order valence-electron chi connectivity index (χ3n) is 2.98. The molecule has 1 aromatic carbocycles. The summed E-state index contributed by atoms with van der Waals surface area (Å²) < 4.78 is 13.5. The summed E-state index contributed by atoms with van der Waals surface area (Å²) in [6.45, 7) is 3.12. The van der Waals surface area contributed by atoms with Crippen LogP contribution in [0.5, 0.6) is 0 Å². The Labute approximate surface area is 151 Å². The zero-order chi connectivity index (χ0) is 15.1. The van der Waals surface area contributed by atoms with E-state index in [1.165, 1.54) is 10.9 Å². The highest BCUT2D eigenvalue weighted by Gasteiger charge is 2.04. The average Bonchev–Trinajstić information content (AvgIpc) is 2.97. The Morgan fingerprint density at radius 1 is 1.27 bits per heavy atom. The van der Waals surface area contributed by atoms with Gasteiger partial charge in [0.15, 0.2) is 5.96 Å². The number of rotatable bonds is 5. The van der Waals surface area contributed by atoms with Gasteiger partial charge in [-0.05, 0) is 12.5 Å². The molecule has 0 spiro atoms. The van der Waals surface area contributed by atoms with Gasteiger partial charge in [-0.2, -0.15) is 0 Å². The first-order valence-corrected chi connectivity index (χ1v) is 7.66. The van der Waals surface area contributed by atoms with E-state index in [9.17, 15) is 4.39 Å². The zero-order valence-corrected chi connectivity index (χ0v) is 15.7. The van der Waals surface area contributed by atoms with Crippen molar-refractivity contribution in [3.63, 3.8) is 0 Å². The second-order valence-electron chi connectivity index (χ2n) is 4.44. The van der Waals surface area contributed by atoms with Crippen molar-refractivity contribution >= 4 is 41.3 Å². The molecule has 0 saturated carbocycles. The van der Waals surface area contributed by atoms with Gasteiger partial charge in [-0.25, -0.2) is 9.37 Å². The summed E-state index contributed by atoms with van der Waals surface area (Å²) in [6, 6.07) is 6.71. The molecule has 1 aromatic heterocycles. The van der Waals surface area contributed by atoms with Crippen LogP contribution >= 0.6 is 35.3 Å². The summed E-state index contributed by atoms with van der Waals surface area (Å²) >= 11 is 1.69. The molecule has 1 heterocycles. The molecule has 0 amide bonds. The zero-order valence-electron chi connectivity index (χ0n) is 12.6. The van der Waals surface area contributed by atoms with Crippen LogP contribution in [0.25, 0.3) is 0 Å². The second-order valence-corrected chi connectivity index (χ2v) is 5.64. The molecular weight excluding hydrogens is 414 g/mol. The molecule has 7 heteroatoms. The number of benzene rings is 1. The van der Waals surface area contributed by atoms with Gasteiger partial charge in [-0.3, -0.25) is 4.99 Å². The summed E-state index contributed by atoms with van der Waals surface area (Å²) in [5.41, 5.74) is 0.614. The molecule has 2 aromatic rings. The monoisotopic (exact) mass is 434 g/mol. The van der Waals surface area contributed by atoms with Gasteiger partial charge >= 0.3 is 0 Å². The first-order chi connectivity index (χ1) is 10.2. The van der Waals surface area contributed by atoms with Crippen molar-refractivity contribution in [2.24, 2.45) is 4.99 Å². The maximum Gasteiger partial charge on any atom is 0.191 e. The lowest BCUT2D eigenvalue weighted by molar-refractivity contribution is 0.604. The van der Waals surface area contributed by atoms with Crippen molar-refractivity contribution in [2.45, 2.75) is 26.4 Å². The Balaban J connectivity index is 0.00000242. The predicted molar refractivity (Wildman–Crippen MR) is 100 cm³/mol. The van der Waals surface area contributed by atoms with Crippen LogP contribution in [0.2, 0.25) is 0 Å². The minimum Gasteiger partial charge on any atom is -0.352 e. The highest BCUT2D eigenvalue weighted by atomic mass is 127. The topological polar surface area (TPSA) is 49.3 Å². The van der Waals surface area contributed by atoms with Crippen molar-refractivity contribution in [3.8, 4) is 0 Å². The van der Waals surface area contributed by atoms with E-state index in [1.54, 1.807) is 30.5 Å². The van der Waals surface area contributed by atoms with E-state index >= 15 is 0 Å². The van der Waals surface area contributed by atoms with Crippen LogP contribution < -0.4 is 10.6 Å². The van der Waals surface area contributed by atoms with Gasteiger partial charge in [0.2, 0.25) is 0 Å². The molecule has 4 nitrogen and oxygen atoms in total. The number of hydrogen-bond donors (Lipinski definition) is 2. The van der Waals surface area contributed by atoms with Crippen molar-refractivity contribution in [3.05, 3.63) is 51.7 Å². The van der Waals surface area contributed by atoms with Crippen LogP contribution in [-0.4, -0.2) is 18.0 Å². The maximum absolute atomic E-state index is 13.5. The molecule has 0 bridgehead atoms. The number of nitrogens with one attached hydrogen (secondary N) is 2. The summed E-state index contributed by atoms with van der Waals surface area (Å²) in [5, 5.41) is 7.29. The summed E-state index contributed by atoms with van der Waals surface area (Å²) in [4.78, 5) is 9.73. The van der Waals surface area contributed by atoms with Crippen molar-refractivity contribution < 1.29 is 4.39 Å². The van der Waals surface area contributed by atoms with E-state index in [-0.39, 0.29) is 29.8 Å². The van der Waals surface area contributed by atoms with Crippen LogP contribution in [0.1, 0.15) is 22.4 Å². The van der Waals surface area contributed by atoms with Crippen LogP contribution in [0.15, 0.2) is 35.5 Å². The second kappa shape index (κ2) is 9.73. The number of guanidine groups is 1. The lowest BCUT2D eigenvalue weighted by Gasteiger charge is -2.11. The van der Waals surface area contributed by atoms with Crippen LogP contribution in [0.4, 0.5) is 4.39 Å². The molecule has 0 fully saturated rings. The normalized spacial score (nSPS) is 11.0. The quantitative estimate of drug-likeness (QED) is 0.431. The fourth-order valence-electron chi connectivity index (χ4n) is 1.79. The summed E-state index contributed by atoms with van der Waals surface area (Å²) in [7, 11) is 1.69. The van der Waals surface area contributed by atoms with Crippen LogP contribution in [-0.2, 0) is 19.5 Å². The number of halogens is 2. The van der Waals surface area contributed by atoms with Crippen molar-refractivity contribution in [1.82, 2.24) is 15.6 Å². The molecule has 0 saturated heterocycles. The molecule has 0 unspecified atom stereocenters. The molecule has 22 heavy (non-hydrogen) atoms. The molecule has 2 rings (SSSR count). The molecule has 0 aliphatic rings. The number of thiazole rings is 1. The van der Waals surface area contributed by atoms with E-state index in [0.29, 0.717) is 24.6 Å². The minimum atomic E-state index is -0.215. The molecule has 0 aliphatic heterocycles. The Morgan fingerprint density at radius 3 is 2.64 bits per heavy atom. The molecule has 0 atom stereocenters. The first kappa shape index (κ1) is 18.8. The number of nitrogens with zero attached hydrogens (tertiary/aromatic N) is 2. The lowest BCUT2D eigenvalue weighted by Crippen LogP contribution is -2.36. The van der Waals surface area contributed by atoms with Gasteiger partial charge in [0, 0.05) is 30.2 Å². The molecule has 0 aliphatic carbocycles. The van der Waals surface area contributed by atoms with Crippen LogP contribution in [0, 0.1) is 5.82 Å². The van der Waals surface area contributed by atoms with Gasteiger partial charge in [-0.15, -0.1) is 35.3 Å². The standard InChI is InChI=1S/C15H19FN4S.HI/c1-3-12-9-18-14(21-12)10-20-15(17-2)19-8-11-6-4-5-7-13(11)16;/h4-7,9H,3,8,10H2,1-2H3,(H2,17,19,20);1H. The number of hydrogen-bond acceptors (Lipinski definition) is 3. The van der Waals surface area contributed by atoms with Gasteiger partial charge in [0.25, 0.3) is 0 Å². The third-order valence-corrected chi connectivity index (χ3v) is 4.13. The maximum atomic E-state index is 13.5. The fraction of sp³-hybridized carbons (Fsp3) is 0.333. The Kier molecular flexibility index (Phi) is 8.32. The van der Waals surface area contributed by atoms with Crippen LogP contribution in [0.3, 0.4) is 0 Å². The smallest absolute Gasteiger partial charge is 0.191 e. The highest BCUT2D eigenvalue weighted by Crippen LogP contribution is 2.12. The van der Waals surface area contributed by atoms with Gasteiger partial charge < -0.3 is 10.6 Å². The Morgan fingerprint density at radius 2 is 2.00 bits per heavy atom. The third kappa shape index (κ3) is 5.53. The Bertz CT molecular complexity index is 615. The first-order valence-electron chi connectivity index (χ1n) is 6.84. The number of aromatic nitrogens is 1. The molecule has 0 radical (unpaired) electrons. The lowest BCUT2D eigenvalue weighted by atomic mass is 10.2. The largest absolute Gasteiger partial charge is 0.352 e. The SMILES string of the molecule is CCc1cnc(CNC(=NC)NCc2ccccc2F)s1.I. The number of aryl methyl sites for hydroxylation is 1. The van der Waals surface area contributed by atoms with Gasteiger partial charge in [-0.1, -0.05) is 25.1 Å².